The van der Waals surface area contributed by atoms with E-state index in [2.05, 4.69) is 6.92 Å². The summed E-state index contributed by atoms with van der Waals surface area (Å²) in [6, 6.07) is 0. The van der Waals surface area contributed by atoms with E-state index in [1.165, 1.54) is 0 Å². The van der Waals surface area contributed by atoms with Crippen molar-refractivity contribution >= 4 is 10.1 Å². The fourth-order valence-corrected chi connectivity index (χ4v) is 3.81. The van der Waals surface area contributed by atoms with Crippen LogP contribution in [0.2, 0.25) is 0 Å². The fraction of sp³-hybridized carbons (Fsp3) is 1.00. The van der Waals surface area contributed by atoms with Gasteiger partial charge in [-0.05, 0) is 25.7 Å². The Morgan fingerprint density at radius 1 is 0.792 bits per heavy atom. The van der Waals surface area contributed by atoms with E-state index in [1.54, 1.807) is 0 Å². The van der Waals surface area contributed by atoms with Crippen LogP contribution in [0, 0.1) is 0 Å². The molecule has 0 spiro atoms. The number of hydrogen-bond donors (Lipinski definition) is 1. The number of hydrogen-bond acceptors (Lipinski definition) is 4. The molecule has 4 nitrogen and oxygen atoms in total. The van der Waals surface area contributed by atoms with Crippen LogP contribution in [0.3, 0.4) is 0 Å². The molecule has 140 valence electrons. The zero-order chi connectivity index (χ0) is 17.6. The number of aliphatic hydroxyl groups is 1. The molecule has 0 fully saturated rings. The molecule has 6 heteroatoms. The molecule has 0 heterocycles. The Labute approximate surface area is 172 Å². The summed E-state index contributed by atoms with van der Waals surface area (Å²) in [6.45, 7) is 4.11. The van der Waals surface area contributed by atoms with Crippen LogP contribution in [0.4, 0.5) is 0 Å². The van der Waals surface area contributed by atoms with Crippen molar-refractivity contribution < 1.29 is 47.6 Å². The zero-order valence-electron chi connectivity index (χ0n) is 16.1. The Hall–Kier alpha value is 0.870. The quantitative estimate of drug-likeness (QED) is 0.254. The third-order valence-electron chi connectivity index (χ3n) is 4.57. The van der Waals surface area contributed by atoms with Gasteiger partial charge in [0, 0.05) is 5.25 Å². The predicted octanol–water partition coefficient (Wildman–Crippen LogP) is 1.77. The second-order valence-electron chi connectivity index (χ2n) is 6.72. The molecular weight excluding hydrogens is 335 g/mol. The predicted molar refractivity (Wildman–Crippen MR) is 95.5 cm³/mol. The van der Waals surface area contributed by atoms with Gasteiger partial charge in [-0.3, -0.25) is 0 Å². The monoisotopic (exact) mass is 372 g/mol. The molecule has 0 aromatic rings. The maximum atomic E-state index is 11.3. The Bertz CT molecular complexity index is 360. The van der Waals surface area contributed by atoms with E-state index in [9.17, 15) is 18.1 Å². The molecule has 0 aliphatic heterocycles. The molecule has 0 aliphatic carbocycles. The molecule has 0 rings (SSSR count). The van der Waals surface area contributed by atoms with Crippen LogP contribution in [0.25, 0.3) is 0 Å². The first-order valence-electron chi connectivity index (χ1n) is 9.54. The maximum absolute atomic E-state index is 11.3. The second kappa shape index (κ2) is 17.3. The van der Waals surface area contributed by atoms with Crippen LogP contribution < -0.4 is 29.6 Å². The van der Waals surface area contributed by atoms with Crippen LogP contribution in [0.1, 0.15) is 104 Å². The minimum Gasteiger partial charge on any atom is -0.748 e. The normalized spacial score (nSPS) is 14.2. The molecule has 2 unspecified atom stereocenters. The van der Waals surface area contributed by atoms with Gasteiger partial charge >= 0.3 is 29.6 Å². The van der Waals surface area contributed by atoms with Crippen LogP contribution >= 0.6 is 0 Å². The fourth-order valence-electron chi connectivity index (χ4n) is 2.89. The van der Waals surface area contributed by atoms with Gasteiger partial charge < -0.3 is 9.66 Å². The minimum absolute atomic E-state index is 0. The average Bonchev–Trinajstić information content (AvgIpc) is 2.50. The van der Waals surface area contributed by atoms with E-state index in [0.717, 1.165) is 77.0 Å². The Morgan fingerprint density at radius 2 is 1.21 bits per heavy atom. The van der Waals surface area contributed by atoms with Gasteiger partial charge in [-0.25, -0.2) is 8.42 Å². The van der Waals surface area contributed by atoms with Crippen molar-refractivity contribution in [3.8, 4) is 0 Å². The van der Waals surface area contributed by atoms with Crippen molar-refractivity contribution in [3.63, 3.8) is 0 Å². The van der Waals surface area contributed by atoms with Gasteiger partial charge in [0.25, 0.3) is 0 Å². The van der Waals surface area contributed by atoms with Crippen LogP contribution in [0.15, 0.2) is 0 Å². The van der Waals surface area contributed by atoms with Gasteiger partial charge in [-0.1, -0.05) is 78.1 Å². The van der Waals surface area contributed by atoms with E-state index in [1.807, 2.05) is 6.92 Å². The van der Waals surface area contributed by atoms with Crippen molar-refractivity contribution in [2.45, 2.75) is 115 Å². The van der Waals surface area contributed by atoms with Gasteiger partial charge in [0.05, 0.1) is 16.2 Å². The van der Waals surface area contributed by atoms with Gasteiger partial charge in [0.2, 0.25) is 0 Å². The SMILES string of the molecule is CCCCCCC(CCCCCCCCC(O)CC)S(=O)(=O)[O-].[Na+]. The molecule has 0 aliphatic rings. The molecule has 0 saturated carbocycles. The maximum Gasteiger partial charge on any atom is 1.00 e. The molecule has 0 saturated heterocycles. The average molecular weight is 373 g/mol. The first-order valence-corrected chi connectivity index (χ1v) is 11.0. The topological polar surface area (TPSA) is 77.4 Å². The third-order valence-corrected chi connectivity index (χ3v) is 5.86. The third kappa shape index (κ3) is 16.3. The molecule has 0 amide bonds. The Kier molecular flexibility index (Phi) is 19.5. The largest absolute Gasteiger partial charge is 1.00 e. The molecule has 0 aromatic heterocycles. The molecule has 24 heavy (non-hydrogen) atoms. The smallest absolute Gasteiger partial charge is 0.748 e. The molecular formula is C18H37NaO4S. The Morgan fingerprint density at radius 3 is 1.62 bits per heavy atom. The molecule has 0 aromatic carbocycles. The number of rotatable bonds is 16. The molecule has 0 radical (unpaired) electrons. The first kappa shape index (κ1) is 27.1. The Balaban J connectivity index is 0. The second-order valence-corrected chi connectivity index (χ2v) is 8.38. The summed E-state index contributed by atoms with van der Waals surface area (Å²) in [7, 11) is -4.14. The number of unbranched alkanes of at least 4 members (excludes halogenated alkanes) is 8. The molecule has 1 N–H and O–H groups in total. The van der Waals surface area contributed by atoms with Crippen molar-refractivity contribution in [2.75, 3.05) is 0 Å². The van der Waals surface area contributed by atoms with Gasteiger partial charge in [0.1, 0.15) is 0 Å². The number of aliphatic hydroxyl groups excluding tert-OH is 1. The van der Waals surface area contributed by atoms with Crippen LogP contribution in [-0.4, -0.2) is 29.4 Å². The van der Waals surface area contributed by atoms with Crippen molar-refractivity contribution in [2.24, 2.45) is 0 Å². The van der Waals surface area contributed by atoms with Crippen molar-refractivity contribution in [3.05, 3.63) is 0 Å². The summed E-state index contributed by atoms with van der Waals surface area (Å²) in [4.78, 5) is 0. The van der Waals surface area contributed by atoms with E-state index in [4.69, 9.17) is 0 Å². The van der Waals surface area contributed by atoms with E-state index in [0.29, 0.717) is 12.8 Å². The van der Waals surface area contributed by atoms with Crippen molar-refractivity contribution in [1.29, 1.82) is 0 Å². The van der Waals surface area contributed by atoms with Crippen LogP contribution in [-0.2, 0) is 10.1 Å². The summed E-state index contributed by atoms with van der Waals surface area (Å²) in [5, 5.41) is 8.77. The van der Waals surface area contributed by atoms with Crippen molar-refractivity contribution in [1.82, 2.24) is 0 Å². The molecule has 2 atom stereocenters. The van der Waals surface area contributed by atoms with Gasteiger partial charge in [-0.15, -0.1) is 0 Å². The summed E-state index contributed by atoms with van der Waals surface area (Å²) in [5.74, 6) is 0. The first-order chi connectivity index (χ1) is 10.9. The van der Waals surface area contributed by atoms with Crippen LogP contribution in [0.5, 0.6) is 0 Å². The van der Waals surface area contributed by atoms with E-state index >= 15 is 0 Å². The summed E-state index contributed by atoms with van der Waals surface area (Å²) in [6.07, 6.45) is 12.9. The summed E-state index contributed by atoms with van der Waals surface area (Å²) < 4.78 is 33.9. The minimum atomic E-state index is -4.14. The molecule has 0 bridgehead atoms. The standard InChI is InChI=1S/C18H38O4S.Na/c1-3-5-6-12-15-18(23(20,21)22)16-13-10-8-7-9-11-14-17(19)4-2;/h17-19H,3-16H2,1-2H3,(H,20,21,22);/q;+1/p-1. The summed E-state index contributed by atoms with van der Waals surface area (Å²) in [5.41, 5.74) is 0. The van der Waals surface area contributed by atoms with Gasteiger partial charge in [-0.2, -0.15) is 0 Å². The summed E-state index contributed by atoms with van der Waals surface area (Å²) >= 11 is 0. The van der Waals surface area contributed by atoms with Gasteiger partial charge in [0.15, 0.2) is 0 Å². The van der Waals surface area contributed by atoms with E-state index in [-0.39, 0.29) is 35.7 Å². The van der Waals surface area contributed by atoms with E-state index < -0.39 is 15.4 Å². The zero-order valence-corrected chi connectivity index (χ0v) is 19.0.